The van der Waals surface area contributed by atoms with E-state index in [0.717, 1.165) is 0 Å². The molecule has 4 nitrogen and oxygen atoms in total. The molecule has 0 aliphatic heterocycles. The molecule has 0 unspecified atom stereocenters. The number of ketones is 1. The lowest BCUT2D eigenvalue weighted by atomic mass is 10.0. The zero-order chi connectivity index (χ0) is 11.3. The molecule has 0 aliphatic carbocycles. The highest BCUT2D eigenvalue weighted by Gasteiger charge is 2.18. The maximum Gasteiger partial charge on any atom is 0.308 e. The number of rotatable bonds is 4. The van der Waals surface area contributed by atoms with Crippen molar-refractivity contribution in [3.63, 3.8) is 0 Å². The Morgan fingerprint density at radius 1 is 1.47 bits per heavy atom. The first-order chi connectivity index (χ1) is 7.15. The molecule has 15 heavy (non-hydrogen) atoms. The summed E-state index contributed by atoms with van der Waals surface area (Å²) in [4.78, 5) is 26.6. The standard InChI is InChI=1S/C11H13NO3/c1-8(11(14)15-2)7-10(13)9-5-3-4-6-12-9/h3-6,8H,7H2,1-2H3/t8-/m0/s1. The summed E-state index contributed by atoms with van der Waals surface area (Å²) in [5.74, 6) is -0.947. The predicted octanol–water partition coefficient (Wildman–Crippen LogP) is 1.46. The third-order valence-corrected chi connectivity index (χ3v) is 2.05. The molecule has 0 fully saturated rings. The van der Waals surface area contributed by atoms with Crippen molar-refractivity contribution < 1.29 is 14.3 Å². The summed E-state index contributed by atoms with van der Waals surface area (Å²) in [6.45, 7) is 1.66. The van der Waals surface area contributed by atoms with Gasteiger partial charge in [0, 0.05) is 12.6 Å². The van der Waals surface area contributed by atoms with E-state index in [1.165, 1.54) is 7.11 Å². The second kappa shape index (κ2) is 5.24. The van der Waals surface area contributed by atoms with Crippen LogP contribution in [-0.2, 0) is 9.53 Å². The number of Topliss-reactive ketones (excluding diaryl/α,β-unsaturated/α-hetero) is 1. The zero-order valence-electron chi connectivity index (χ0n) is 8.77. The molecule has 0 spiro atoms. The molecule has 1 aromatic rings. The van der Waals surface area contributed by atoms with Gasteiger partial charge in [-0.05, 0) is 12.1 Å². The highest BCUT2D eigenvalue weighted by molar-refractivity contribution is 5.96. The molecule has 1 aromatic heterocycles. The van der Waals surface area contributed by atoms with E-state index in [2.05, 4.69) is 9.72 Å². The molecule has 0 radical (unpaired) electrons. The number of ether oxygens (including phenoxy) is 1. The van der Waals surface area contributed by atoms with Gasteiger partial charge in [-0.2, -0.15) is 0 Å². The molecule has 1 atom stereocenters. The van der Waals surface area contributed by atoms with Gasteiger partial charge in [-0.25, -0.2) is 0 Å². The van der Waals surface area contributed by atoms with Crippen molar-refractivity contribution in [2.45, 2.75) is 13.3 Å². The van der Waals surface area contributed by atoms with Gasteiger partial charge in [-0.3, -0.25) is 14.6 Å². The van der Waals surface area contributed by atoms with Crippen LogP contribution in [0.1, 0.15) is 23.8 Å². The summed E-state index contributed by atoms with van der Waals surface area (Å²) in [7, 11) is 1.31. The summed E-state index contributed by atoms with van der Waals surface area (Å²) in [6, 6.07) is 5.11. The van der Waals surface area contributed by atoms with Gasteiger partial charge in [0.25, 0.3) is 0 Å². The Hall–Kier alpha value is -1.71. The quantitative estimate of drug-likeness (QED) is 0.554. The number of methoxy groups -OCH3 is 1. The van der Waals surface area contributed by atoms with Crippen LogP contribution in [-0.4, -0.2) is 23.8 Å². The molecular weight excluding hydrogens is 194 g/mol. The second-order valence-electron chi connectivity index (χ2n) is 3.27. The van der Waals surface area contributed by atoms with Gasteiger partial charge in [0.1, 0.15) is 5.69 Å². The molecule has 0 aromatic carbocycles. The molecule has 0 bridgehead atoms. The van der Waals surface area contributed by atoms with Crippen molar-refractivity contribution in [3.8, 4) is 0 Å². The molecule has 0 N–H and O–H groups in total. The van der Waals surface area contributed by atoms with E-state index in [0.29, 0.717) is 5.69 Å². The van der Waals surface area contributed by atoms with Gasteiger partial charge in [-0.1, -0.05) is 13.0 Å². The van der Waals surface area contributed by atoms with Gasteiger partial charge in [0.05, 0.1) is 13.0 Å². The SMILES string of the molecule is COC(=O)[C@@H](C)CC(=O)c1ccccn1. The summed E-state index contributed by atoms with van der Waals surface area (Å²) in [5, 5.41) is 0. The van der Waals surface area contributed by atoms with E-state index in [4.69, 9.17) is 0 Å². The van der Waals surface area contributed by atoms with E-state index in [1.807, 2.05) is 0 Å². The van der Waals surface area contributed by atoms with Crippen LogP contribution in [0.3, 0.4) is 0 Å². The summed E-state index contributed by atoms with van der Waals surface area (Å²) >= 11 is 0. The fraction of sp³-hybridized carbons (Fsp3) is 0.364. The topological polar surface area (TPSA) is 56.3 Å². The van der Waals surface area contributed by atoms with E-state index in [9.17, 15) is 9.59 Å². The van der Waals surface area contributed by atoms with Crippen LogP contribution in [0.25, 0.3) is 0 Å². The van der Waals surface area contributed by atoms with Crippen LogP contribution in [0.5, 0.6) is 0 Å². The normalized spacial score (nSPS) is 11.9. The first-order valence-electron chi connectivity index (χ1n) is 4.67. The Labute approximate surface area is 88.3 Å². The van der Waals surface area contributed by atoms with Gasteiger partial charge in [0.2, 0.25) is 0 Å². The number of pyridine rings is 1. The van der Waals surface area contributed by atoms with Crippen LogP contribution >= 0.6 is 0 Å². The molecule has 1 heterocycles. The average Bonchev–Trinajstić information content (AvgIpc) is 2.29. The number of nitrogens with zero attached hydrogens (tertiary/aromatic N) is 1. The predicted molar refractivity (Wildman–Crippen MR) is 54.4 cm³/mol. The van der Waals surface area contributed by atoms with E-state index in [-0.39, 0.29) is 18.2 Å². The smallest absolute Gasteiger partial charge is 0.308 e. The molecule has 80 valence electrons. The van der Waals surface area contributed by atoms with Crippen LogP contribution < -0.4 is 0 Å². The molecular formula is C11H13NO3. The molecule has 0 saturated carbocycles. The van der Waals surface area contributed by atoms with Crippen molar-refractivity contribution in [2.24, 2.45) is 5.92 Å². The number of esters is 1. The van der Waals surface area contributed by atoms with Crippen LogP contribution in [0.4, 0.5) is 0 Å². The molecule has 0 saturated heterocycles. The first kappa shape index (κ1) is 11.4. The maximum atomic E-state index is 11.6. The number of carbonyl (C=O) groups is 2. The molecule has 1 rings (SSSR count). The fourth-order valence-corrected chi connectivity index (χ4v) is 1.19. The zero-order valence-corrected chi connectivity index (χ0v) is 8.77. The second-order valence-corrected chi connectivity index (χ2v) is 3.27. The van der Waals surface area contributed by atoms with Crippen LogP contribution in [0.15, 0.2) is 24.4 Å². The Morgan fingerprint density at radius 2 is 2.20 bits per heavy atom. The first-order valence-corrected chi connectivity index (χ1v) is 4.67. The lowest BCUT2D eigenvalue weighted by molar-refractivity contribution is -0.144. The Bertz CT molecular complexity index is 348. The number of aromatic nitrogens is 1. The lowest BCUT2D eigenvalue weighted by Crippen LogP contribution is -2.17. The Kier molecular flexibility index (Phi) is 3.97. The minimum absolute atomic E-state index is 0.129. The minimum atomic E-state index is -0.426. The average molecular weight is 207 g/mol. The summed E-state index contributed by atoms with van der Waals surface area (Å²) < 4.78 is 4.54. The Morgan fingerprint density at radius 3 is 2.73 bits per heavy atom. The van der Waals surface area contributed by atoms with Crippen molar-refractivity contribution in [1.82, 2.24) is 4.98 Å². The molecule has 0 amide bonds. The number of hydrogen-bond acceptors (Lipinski definition) is 4. The Balaban J connectivity index is 2.61. The van der Waals surface area contributed by atoms with E-state index < -0.39 is 5.92 Å². The van der Waals surface area contributed by atoms with Gasteiger partial charge in [0.15, 0.2) is 5.78 Å². The summed E-state index contributed by atoms with van der Waals surface area (Å²) in [5.41, 5.74) is 0.383. The highest BCUT2D eigenvalue weighted by Crippen LogP contribution is 2.09. The lowest BCUT2D eigenvalue weighted by Gasteiger charge is -2.07. The van der Waals surface area contributed by atoms with Gasteiger partial charge in [-0.15, -0.1) is 0 Å². The van der Waals surface area contributed by atoms with Crippen molar-refractivity contribution in [3.05, 3.63) is 30.1 Å². The van der Waals surface area contributed by atoms with Crippen molar-refractivity contribution in [1.29, 1.82) is 0 Å². The molecule has 0 aliphatic rings. The minimum Gasteiger partial charge on any atom is -0.469 e. The third kappa shape index (κ3) is 3.16. The fourth-order valence-electron chi connectivity index (χ4n) is 1.19. The largest absolute Gasteiger partial charge is 0.469 e. The molecule has 4 heteroatoms. The van der Waals surface area contributed by atoms with Gasteiger partial charge >= 0.3 is 5.97 Å². The maximum absolute atomic E-state index is 11.6. The third-order valence-electron chi connectivity index (χ3n) is 2.05. The van der Waals surface area contributed by atoms with Gasteiger partial charge < -0.3 is 4.74 Å². The van der Waals surface area contributed by atoms with E-state index in [1.54, 1.807) is 31.3 Å². The van der Waals surface area contributed by atoms with Crippen LogP contribution in [0.2, 0.25) is 0 Å². The monoisotopic (exact) mass is 207 g/mol. The van der Waals surface area contributed by atoms with E-state index >= 15 is 0 Å². The number of carbonyl (C=O) groups excluding carboxylic acids is 2. The highest BCUT2D eigenvalue weighted by atomic mass is 16.5. The van der Waals surface area contributed by atoms with Crippen LogP contribution in [0, 0.1) is 5.92 Å². The summed E-state index contributed by atoms with van der Waals surface area (Å²) in [6.07, 6.45) is 1.68. The van der Waals surface area contributed by atoms with Crippen molar-refractivity contribution >= 4 is 11.8 Å². The number of hydrogen-bond donors (Lipinski definition) is 0. The van der Waals surface area contributed by atoms with Crippen molar-refractivity contribution in [2.75, 3.05) is 7.11 Å².